The van der Waals surface area contributed by atoms with Gasteiger partial charge in [-0.3, -0.25) is 5.84 Å². The van der Waals surface area contributed by atoms with Crippen LogP contribution >= 0.6 is 22.9 Å². The number of fused-ring (bicyclic) bond motifs is 1. The largest absolute Gasteiger partial charge is 0.493 e. The van der Waals surface area contributed by atoms with E-state index in [0.29, 0.717) is 0 Å². The number of hydrogen-bond donors (Lipinski definition) is 2. The number of aryl methyl sites for hydroxylation is 2. The van der Waals surface area contributed by atoms with Gasteiger partial charge in [0.15, 0.2) is 0 Å². The van der Waals surface area contributed by atoms with Crippen molar-refractivity contribution in [1.29, 1.82) is 0 Å². The summed E-state index contributed by atoms with van der Waals surface area (Å²) in [5.41, 5.74) is 6.28. The van der Waals surface area contributed by atoms with E-state index in [1.54, 1.807) is 11.3 Å². The summed E-state index contributed by atoms with van der Waals surface area (Å²) < 4.78 is 5.87. The van der Waals surface area contributed by atoms with Crippen LogP contribution in [0.1, 0.15) is 34.0 Å². The molecule has 3 N–H and O–H groups in total. The first-order valence-electron chi connectivity index (χ1n) is 6.66. The highest BCUT2D eigenvalue weighted by Gasteiger charge is 2.24. The fourth-order valence-corrected chi connectivity index (χ4v) is 3.97. The van der Waals surface area contributed by atoms with E-state index >= 15 is 0 Å². The van der Waals surface area contributed by atoms with E-state index < -0.39 is 0 Å². The van der Waals surface area contributed by atoms with Gasteiger partial charge in [-0.1, -0.05) is 29.8 Å². The molecule has 0 radical (unpaired) electrons. The standard InChI is InChI=1S/C15H17ClN2OS/c1-9-8-20-15(12(9)16)13(18-17)11-6-2-4-10-5-3-7-19-14(10)11/h2,4,6,8,13,18H,3,5,7,17H2,1H3. The number of hydrogen-bond acceptors (Lipinski definition) is 4. The molecule has 0 bridgehead atoms. The number of thiophene rings is 1. The Labute approximate surface area is 127 Å². The molecule has 0 amide bonds. The molecule has 1 aromatic carbocycles. The Morgan fingerprint density at radius 3 is 3.00 bits per heavy atom. The minimum atomic E-state index is -0.130. The van der Waals surface area contributed by atoms with Gasteiger partial charge in [0.25, 0.3) is 0 Å². The van der Waals surface area contributed by atoms with Gasteiger partial charge < -0.3 is 4.74 Å². The summed E-state index contributed by atoms with van der Waals surface area (Å²) in [6.45, 7) is 2.77. The molecule has 106 valence electrons. The average Bonchev–Trinajstić information content (AvgIpc) is 2.81. The van der Waals surface area contributed by atoms with Crippen molar-refractivity contribution in [3.05, 3.63) is 50.2 Å². The Hall–Kier alpha value is -1.07. The second-order valence-corrected chi connectivity index (χ2v) is 6.27. The molecule has 0 saturated heterocycles. The molecule has 3 rings (SSSR count). The van der Waals surface area contributed by atoms with E-state index in [-0.39, 0.29) is 6.04 Å². The van der Waals surface area contributed by atoms with E-state index in [4.69, 9.17) is 22.2 Å². The monoisotopic (exact) mass is 308 g/mol. The van der Waals surface area contributed by atoms with Crippen molar-refractivity contribution in [1.82, 2.24) is 5.43 Å². The second kappa shape index (κ2) is 5.74. The molecule has 0 fully saturated rings. The van der Waals surface area contributed by atoms with Gasteiger partial charge in [0.1, 0.15) is 5.75 Å². The predicted octanol–water partition coefficient (Wildman–Crippen LogP) is 3.59. The number of benzene rings is 1. The van der Waals surface area contributed by atoms with E-state index in [9.17, 15) is 0 Å². The van der Waals surface area contributed by atoms with Crippen LogP contribution < -0.4 is 16.0 Å². The highest BCUT2D eigenvalue weighted by molar-refractivity contribution is 7.10. The lowest BCUT2D eigenvalue weighted by Crippen LogP contribution is -2.29. The summed E-state index contributed by atoms with van der Waals surface area (Å²) in [6, 6.07) is 6.10. The molecule has 2 aromatic rings. The Balaban J connectivity index is 2.08. The van der Waals surface area contributed by atoms with Crippen molar-refractivity contribution in [2.45, 2.75) is 25.8 Å². The van der Waals surface area contributed by atoms with Crippen LogP contribution in [0.4, 0.5) is 0 Å². The molecule has 1 unspecified atom stereocenters. The Morgan fingerprint density at radius 1 is 1.45 bits per heavy atom. The SMILES string of the molecule is Cc1csc(C(NN)c2cccc3c2OCCC3)c1Cl. The van der Waals surface area contributed by atoms with E-state index in [1.807, 2.05) is 6.92 Å². The third-order valence-corrected chi connectivity index (χ3v) is 5.41. The van der Waals surface area contributed by atoms with Gasteiger partial charge >= 0.3 is 0 Å². The normalized spacial score (nSPS) is 15.6. The zero-order chi connectivity index (χ0) is 14.1. The number of halogens is 1. The van der Waals surface area contributed by atoms with Gasteiger partial charge in [-0.15, -0.1) is 11.3 Å². The molecule has 5 heteroatoms. The summed E-state index contributed by atoms with van der Waals surface area (Å²) in [6.07, 6.45) is 2.12. The minimum Gasteiger partial charge on any atom is -0.493 e. The van der Waals surface area contributed by atoms with E-state index in [2.05, 4.69) is 29.0 Å². The fraction of sp³-hybridized carbons (Fsp3) is 0.333. The van der Waals surface area contributed by atoms with Crippen molar-refractivity contribution >= 4 is 22.9 Å². The smallest absolute Gasteiger partial charge is 0.127 e. The Bertz CT molecular complexity index is 626. The minimum absolute atomic E-state index is 0.130. The molecular weight excluding hydrogens is 292 g/mol. The average molecular weight is 309 g/mol. The van der Waals surface area contributed by atoms with Crippen molar-refractivity contribution in [2.24, 2.45) is 5.84 Å². The Kier molecular flexibility index (Phi) is 3.98. The van der Waals surface area contributed by atoms with Crippen molar-refractivity contribution in [3.63, 3.8) is 0 Å². The quantitative estimate of drug-likeness (QED) is 0.673. The number of ether oxygens (including phenoxy) is 1. The molecule has 1 aliphatic heterocycles. The number of rotatable bonds is 3. The molecule has 0 aliphatic carbocycles. The van der Waals surface area contributed by atoms with Gasteiger partial charge in [-0.25, -0.2) is 5.43 Å². The van der Waals surface area contributed by atoms with Crippen molar-refractivity contribution in [2.75, 3.05) is 6.61 Å². The lowest BCUT2D eigenvalue weighted by atomic mass is 9.97. The maximum atomic E-state index is 6.39. The molecule has 0 saturated carbocycles. The van der Waals surface area contributed by atoms with Gasteiger partial charge in [-0.05, 0) is 36.3 Å². The van der Waals surface area contributed by atoms with Crippen LogP contribution in [0.15, 0.2) is 23.6 Å². The van der Waals surface area contributed by atoms with Gasteiger partial charge in [-0.2, -0.15) is 0 Å². The maximum Gasteiger partial charge on any atom is 0.127 e. The zero-order valence-corrected chi connectivity index (χ0v) is 12.9. The van der Waals surface area contributed by atoms with Gasteiger partial charge in [0, 0.05) is 10.4 Å². The molecule has 3 nitrogen and oxygen atoms in total. The van der Waals surface area contributed by atoms with Crippen LogP contribution in [-0.4, -0.2) is 6.61 Å². The summed E-state index contributed by atoms with van der Waals surface area (Å²) in [7, 11) is 0. The highest BCUT2D eigenvalue weighted by atomic mass is 35.5. The van der Waals surface area contributed by atoms with E-state index in [1.165, 1.54) is 5.56 Å². The van der Waals surface area contributed by atoms with Gasteiger partial charge in [0.05, 0.1) is 17.7 Å². The van der Waals surface area contributed by atoms with Crippen LogP contribution in [-0.2, 0) is 6.42 Å². The summed E-state index contributed by atoms with van der Waals surface area (Å²) in [5.74, 6) is 6.75. The topological polar surface area (TPSA) is 47.3 Å². The summed E-state index contributed by atoms with van der Waals surface area (Å²) >= 11 is 8.01. The van der Waals surface area contributed by atoms with Crippen molar-refractivity contribution < 1.29 is 4.74 Å². The third kappa shape index (κ3) is 2.33. The van der Waals surface area contributed by atoms with Crippen LogP contribution in [0.5, 0.6) is 5.75 Å². The molecule has 2 heterocycles. The highest BCUT2D eigenvalue weighted by Crippen LogP contribution is 2.40. The first-order valence-corrected chi connectivity index (χ1v) is 7.92. The second-order valence-electron chi connectivity index (χ2n) is 4.98. The molecule has 0 spiro atoms. The first kappa shape index (κ1) is 13.9. The summed E-state index contributed by atoms with van der Waals surface area (Å²) in [4.78, 5) is 1.04. The van der Waals surface area contributed by atoms with Crippen molar-refractivity contribution in [3.8, 4) is 5.75 Å². The van der Waals surface area contributed by atoms with Gasteiger partial charge in [0.2, 0.25) is 0 Å². The zero-order valence-electron chi connectivity index (χ0n) is 11.3. The van der Waals surface area contributed by atoms with E-state index in [0.717, 1.165) is 46.2 Å². The number of para-hydroxylation sites is 1. The summed E-state index contributed by atoms with van der Waals surface area (Å²) in [5, 5.41) is 2.84. The van der Waals surface area contributed by atoms with Crippen LogP contribution in [0.25, 0.3) is 0 Å². The third-order valence-electron chi connectivity index (χ3n) is 3.63. The first-order chi connectivity index (χ1) is 9.72. The number of nitrogens with two attached hydrogens (primary N) is 1. The molecule has 1 aliphatic rings. The molecule has 20 heavy (non-hydrogen) atoms. The number of hydrazine groups is 1. The molecule has 1 aromatic heterocycles. The van der Waals surface area contributed by atoms with Crippen LogP contribution in [0.3, 0.4) is 0 Å². The molecule has 1 atom stereocenters. The number of nitrogens with one attached hydrogen (secondary N) is 1. The molecular formula is C15H17ClN2OS. The Morgan fingerprint density at radius 2 is 2.30 bits per heavy atom. The van der Waals surface area contributed by atoms with Crippen LogP contribution in [0, 0.1) is 6.92 Å². The van der Waals surface area contributed by atoms with Crippen LogP contribution in [0.2, 0.25) is 5.02 Å². The fourth-order valence-electron chi connectivity index (χ4n) is 2.59. The lowest BCUT2D eigenvalue weighted by molar-refractivity contribution is 0.283. The maximum absolute atomic E-state index is 6.39. The lowest BCUT2D eigenvalue weighted by Gasteiger charge is -2.24. The predicted molar refractivity (Wildman–Crippen MR) is 83.5 cm³/mol.